The molecule has 2 aliphatic heterocycles. The zero-order valence-corrected chi connectivity index (χ0v) is 17.4. The topological polar surface area (TPSA) is 52.2 Å². The molecule has 2 aromatic rings. The van der Waals surface area contributed by atoms with Crippen LogP contribution in [-0.2, 0) is 19.5 Å². The van der Waals surface area contributed by atoms with Gasteiger partial charge in [0.25, 0.3) is 5.56 Å². The summed E-state index contributed by atoms with van der Waals surface area (Å²) < 4.78 is 0. The van der Waals surface area contributed by atoms with Gasteiger partial charge in [0.2, 0.25) is 5.95 Å². The minimum Gasteiger partial charge on any atom is -0.342 e. The molecule has 0 saturated carbocycles. The molecule has 5 heteroatoms. The van der Waals surface area contributed by atoms with Crippen molar-refractivity contribution >= 4 is 5.95 Å². The molecule has 1 N–H and O–H groups in total. The number of hydrogen-bond acceptors (Lipinski definition) is 4. The van der Waals surface area contributed by atoms with Crippen molar-refractivity contribution in [1.82, 2.24) is 14.9 Å². The third-order valence-corrected chi connectivity index (χ3v) is 6.28. The van der Waals surface area contributed by atoms with Crippen molar-refractivity contribution in [1.29, 1.82) is 0 Å². The number of piperidine rings is 1. The third kappa shape index (κ3) is 4.14. The van der Waals surface area contributed by atoms with E-state index in [4.69, 9.17) is 4.98 Å². The summed E-state index contributed by atoms with van der Waals surface area (Å²) in [6.07, 6.45) is 3.11. The standard InChI is InChI=1S/C23H32N4O/c1-16(2)19-6-4-18(5-7-19)14-26-11-10-20-21(15-26)24-23(25-22(20)28)27-12-8-17(3)9-13-27/h4-7,16-17H,8-15H2,1-3H3,(H,24,25,28). The van der Waals surface area contributed by atoms with Gasteiger partial charge in [-0.05, 0) is 42.2 Å². The molecule has 2 aliphatic rings. The zero-order chi connectivity index (χ0) is 19.7. The fourth-order valence-corrected chi connectivity index (χ4v) is 4.25. The maximum atomic E-state index is 12.6. The molecule has 0 spiro atoms. The van der Waals surface area contributed by atoms with Gasteiger partial charge in [-0.15, -0.1) is 0 Å². The quantitative estimate of drug-likeness (QED) is 0.879. The highest BCUT2D eigenvalue weighted by molar-refractivity contribution is 5.35. The summed E-state index contributed by atoms with van der Waals surface area (Å²) in [5.74, 6) is 2.08. The zero-order valence-electron chi connectivity index (χ0n) is 17.4. The van der Waals surface area contributed by atoms with Crippen LogP contribution < -0.4 is 10.5 Å². The van der Waals surface area contributed by atoms with Crippen molar-refractivity contribution in [3.63, 3.8) is 0 Å². The number of nitrogens with zero attached hydrogens (tertiary/aromatic N) is 3. The van der Waals surface area contributed by atoms with E-state index in [9.17, 15) is 4.79 Å². The maximum absolute atomic E-state index is 12.6. The number of H-pyrrole nitrogens is 1. The van der Waals surface area contributed by atoms with Crippen molar-refractivity contribution < 1.29 is 0 Å². The summed E-state index contributed by atoms with van der Waals surface area (Å²) in [4.78, 5) is 25.2. The van der Waals surface area contributed by atoms with Crippen molar-refractivity contribution in [2.24, 2.45) is 5.92 Å². The molecule has 3 heterocycles. The number of anilines is 1. The maximum Gasteiger partial charge on any atom is 0.255 e. The van der Waals surface area contributed by atoms with Crippen molar-refractivity contribution in [3.8, 4) is 0 Å². The Balaban J connectivity index is 1.48. The van der Waals surface area contributed by atoms with E-state index in [2.05, 4.69) is 59.8 Å². The van der Waals surface area contributed by atoms with E-state index in [1.807, 2.05) is 0 Å². The van der Waals surface area contributed by atoms with E-state index in [1.54, 1.807) is 0 Å². The molecule has 1 aromatic carbocycles. The molecule has 0 unspecified atom stereocenters. The smallest absolute Gasteiger partial charge is 0.255 e. The average Bonchev–Trinajstić information content (AvgIpc) is 2.68. The third-order valence-electron chi connectivity index (χ3n) is 6.28. The first-order valence-electron chi connectivity index (χ1n) is 10.7. The summed E-state index contributed by atoms with van der Waals surface area (Å²) in [5, 5.41) is 0. The predicted octanol–water partition coefficient (Wildman–Crippen LogP) is 3.69. The van der Waals surface area contributed by atoms with E-state index >= 15 is 0 Å². The van der Waals surface area contributed by atoms with Crippen LogP contribution in [-0.4, -0.2) is 34.5 Å². The van der Waals surface area contributed by atoms with Crippen molar-refractivity contribution in [2.75, 3.05) is 24.5 Å². The van der Waals surface area contributed by atoms with Gasteiger partial charge in [-0.25, -0.2) is 4.98 Å². The van der Waals surface area contributed by atoms with E-state index in [-0.39, 0.29) is 5.56 Å². The molecule has 0 aliphatic carbocycles. The lowest BCUT2D eigenvalue weighted by molar-refractivity contribution is 0.240. The lowest BCUT2D eigenvalue weighted by atomic mass is 9.99. The monoisotopic (exact) mass is 380 g/mol. The van der Waals surface area contributed by atoms with Crippen LogP contribution in [0.3, 0.4) is 0 Å². The van der Waals surface area contributed by atoms with Crippen LogP contribution >= 0.6 is 0 Å². The highest BCUT2D eigenvalue weighted by Gasteiger charge is 2.24. The Morgan fingerprint density at radius 3 is 2.54 bits per heavy atom. The Bertz CT molecular complexity index is 863. The van der Waals surface area contributed by atoms with Gasteiger partial charge < -0.3 is 4.90 Å². The first-order chi connectivity index (χ1) is 13.5. The van der Waals surface area contributed by atoms with Gasteiger partial charge in [0.05, 0.1) is 5.69 Å². The molecule has 0 atom stereocenters. The number of hydrogen-bond donors (Lipinski definition) is 1. The van der Waals surface area contributed by atoms with E-state index in [0.717, 1.165) is 62.3 Å². The Morgan fingerprint density at radius 2 is 1.86 bits per heavy atom. The lowest BCUT2D eigenvalue weighted by Crippen LogP contribution is -2.39. The molecule has 0 bridgehead atoms. The van der Waals surface area contributed by atoms with Gasteiger partial charge in [-0.3, -0.25) is 14.7 Å². The van der Waals surface area contributed by atoms with Gasteiger partial charge in [-0.1, -0.05) is 45.0 Å². The second kappa shape index (κ2) is 8.08. The van der Waals surface area contributed by atoms with E-state index in [0.29, 0.717) is 5.92 Å². The average molecular weight is 381 g/mol. The highest BCUT2D eigenvalue weighted by atomic mass is 16.1. The largest absolute Gasteiger partial charge is 0.342 e. The molecule has 1 fully saturated rings. The summed E-state index contributed by atoms with van der Waals surface area (Å²) in [7, 11) is 0. The SMILES string of the molecule is CC1CCN(c2nc3c(c(=O)[nH]2)CCN(Cc2ccc(C(C)C)cc2)C3)CC1. The van der Waals surface area contributed by atoms with Gasteiger partial charge in [-0.2, -0.15) is 0 Å². The molecular formula is C23H32N4O. The van der Waals surface area contributed by atoms with Crippen molar-refractivity contribution in [3.05, 3.63) is 57.0 Å². The number of aromatic amines is 1. The van der Waals surface area contributed by atoms with Gasteiger partial charge in [0, 0.05) is 38.3 Å². The lowest BCUT2D eigenvalue weighted by Gasteiger charge is -2.32. The number of rotatable bonds is 4. The second-order valence-corrected chi connectivity index (χ2v) is 8.84. The first-order valence-corrected chi connectivity index (χ1v) is 10.7. The number of benzene rings is 1. The molecule has 4 rings (SSSR count). The second-order valence-electron chi connectivity index (χ2n) is 8.84. The van der Waals surface area contributed by atoms with Crippen LogP contribution in [0.15, 0.2) is 29.1 Å². The molecule has 150 valence electrons. The summed E-state index contributed by atoms with van der Waals surface area (Å²) in [5.41, 5.74) is 4.59. The van der Waals surface area contributed by atoms with Gasteiger partial charge >= 0.3 is 0 Å². The van der Waals surface area contributed by atoms with Crippen LogP contribution in [0.2, 0.25) is 0 Å². The molecule has 28 heavy (non-hydrogen) atoms. The highest BCUT2D eigenvalue weighted by Crippen LogP contribution is 2.23. The number of fused-ring (bicyclic) bond motifs is 1. The minimum atomic E-state index is 0.0551. The fourth-order valence-electron chi connectivity index (χ4n) is 4.25. The first kappa shape index (κ1) is 19.2. The Labute approximate surface area is 167 Å². The van der Waals surface area contributed by atoms with Gasteiger partial charge in [0.15, 0.2) is 0 Å². The molecule has 1 aromatic heterocycles. The Morgan fingerprint density at radius 1 is 1.14 bits per heavy atom. The fraction of sp³-hybridized carbons (Fsp3) is 0.565. The minimum absolute atomic E-state index is 0.0551. The van der Waals surface area contributed by atoms with Crippen LogP contribution in [0.25, 0.3) is 0 Å². The van der Waals surface area contributed by atoms with Crippen molar-refractivity contribution in [2.45, 2.75) is 59.0 Å². The van der Waals surface area contributed by atoms with Crippen LogP contribution in [0.1, 0.15) is 61.9 Å². The summed E-state index contributed by atoms with van der Waals surface area (Å²) in [6.45, 7) is 11.3. The molecule has 1 saturated heterocycles. The number of aromatic nitrogens is 2. The number of nitrogens with one attached hydrogen (secondary N) is 1. The summed E-state index contributed by atoms with van der Waals surface area (Å²) in [6, 6.07) is 8.93. The summed E-state index contributed by atoms with van der Waals surface area (Å²) >= 11 is 0. The van der Waals surface area contributed by atoms with Gasteiger partial charge in [0.1, 0.15) is 0 Å². The predicted molar refractivity (Wildman–Crippen MR) is 114 cm³/mol. The molecule has 5 nitrogen and oxygen atoms in total. The Hall–Kier alpha value is -2.14. The van der Waals surface area contributed by atoms with Crippen LogP contribution in [0, 0.1) is 5.92 Å². The Kier molecular flexibility index (Phi) is 5.54. The molecular weight excluding hydrogens is 348 g/mol. The van der Waals surface area contributed by atoms with E-state index < -0.39 is 0 Å². The van der Waals surface area contributed by atoms with Crippen LogP contribution in [0.5, 0.6) is 0 Å². The molecule has 0 amide bonds. The van der Waals surface area contributed by atoms with E-state index in [1.165, 1.54) is 24.0 Å². The normalized spacial score (nSPS) is 18.5. The van der Waals surface area contributed by atoms with Crippen LogP contribution in [0.4, 0.5) is 5.95 Å². The molecule has 0 radical (unpaired) electrons.